The summed E-state index contributed by atoms with van der Waals surface area (Å²) < 4.78 is 5.15. The average Bonchev–Trinajstić information content (AvgIpc) is 3.09. The second kappa shape index (κ2) is 10.1. The monoisotopic (exact) mass is 368 g/mol. The van der Waals surface area contributed by atoms with E-state index < -0.39 is 0 Å². The maximum Gasteiger partial charge on any atom is 0.243 e. The Morgan fingerprint density at radius 2 is 2.15 bits per heavy atom. The summed E-state index contributed by atoms with van der Waals surface area (Å²) in [5.74, 6) is 3.36. The summed E-state index contributed by atoms with van der Waals surface area (Å²) in [5, 5.41) is 6.62. The van der Waals surface area contributed by atoms with Crippen LogP contribution in [-0.4, -0.2) is 40.4 Å². The summed E-state index contributed by atoms with van der Waals surface area (Å²) in [7, 11) is 1.60. The Morgan fingerprint density at radius 1 is 1.33 bits per heavy atom. The molecule has 1 N–H and O–H groups in total. The Labute approximate surface area is 159 Å². The zero-order valence-corrected chi connectivity index (χ0v) is 15.7. The minimum atomic E-state index is -0.277. The van der Waals surface area contributed by atoms with Crippen molar-refractivity contribution in [2.45, 2.75) is 39.0 Å². The van der Waals surface area contributed by atoms with Crippen LogP contribution in [0.2, 0.25) is 0 Å². The maximum atomic E-state index is 12.2. The lowest BCUT2D eigenvalue weighted by Crippen LogP contribution is -2.34. The van der Waals surface area contributed by atoms with Gasteiger partial charge >= 0.3 is 0 Å². The molecule has 0 saturated heterocycles. The number of carbonyl (C=O) groups is 2. The standard InChI is InChI=1S/C20H24N4O3/c1-4-8-17-22-19(27-23-17)11-7-12-20(26)24(3)14-18(25)21-16-10-6-9-15(5-2)13-16/h2,6,9-10,13H,4,7-8,11-12,14H2,1,3H3,(H,21,25). The van der Waals surface area contributed by atoms with Crippen molar-refractivity contribution < 1.29 is 14.1 Å². The molecular weight excluding hydrogens is 344 g/mol. The number of nitrogens with one attached hydrogen (secondary N) is 1. The van der Waals surface area contributed by atoms with Gasteiger partial charge < -0.3 is 14.7 Å². The van der Waals surface area contributed by atoms with Crippen molar-refractivity contribution >= 4 is 17.5 Å². The summed E-state index contributed by atoms with van der Waals surface area (Å²) in [4.78, 5) is 29.9. The summed E-state index contributed by atoms with van der Waals surface area (Å²) in [6, 6.07) is 7.00. The van der Waals surface area contributed by atoms with Crippen molar-refractivity contribution in [2.75, 3.05) is 18.9 Å². The maximum absolute atomic E-state index is 12.2. The molecule has 0 aliphatic heterocycles. The predicted octanol–water partition coefficient (Wildman–Crippen LogP) is 2.42. The normalized spacial score (nSPS) is 10.3. The van der Waals surface area contributed by atoms with Gasteiger partial charge in [-0.3, -0.25) is 9.59 Å². The van der Waals surface area contributed by atoms with E-state index in [2.05, 4.69) is 21.4 Å². The number of likely N-dealkylation sites (N-methyl/N-ethyl adjacent to an activating group) is 1. The fourth-order valence-electron chi connectivity index (χ4n) is 2.49. The zero-order valence-electron chi connectivity index (χ0n) is 15.7. The first kappa shape index (κ1) is 20.2. The molecule has 0 spiro atoms. The molecule has 27 heavy (non-hydrogen) atoms. The number of nitrogens with zero attached hydrogens (tertiary/aromatic N) is 3. The molecule has 7 heteroatoms. The van der Waals surface area contributed by atoms with Gasteiger partial charge in [0.15, 0.2) is 5.82 Å². The van der Waals surface area contributed by atoms with Crippen LogP contribution in [0.5, 0.6) is 0 Å². The molecule has 0 unspecified atom stereocenters. The van der Waals surface area contributed by atoms with Crippen molar-refractivity contribution in [3.05, 3.63) is 41.5 Å². The van der Waals surface area contributed by atoms with E-state index in [9.17, 15) is 9.59 Å². The van der Waals surface area contributed by atoms with Gasteiger partial charge in [0.1, 0.15) is 0 Å². The van der Waals surface area contributed by atoms with Crippen LogP contribution < -0.4 is 5.32 Å². The van der Waals surface area contributed by atoms with Gasteiger partial charge in [-0.15, -0.1) is 6.42 Å². The smallest absolute Gasteiger partial charge is 0.243 e. The number of hydrogen-bond acceptors (Lipinski definition) is 5. The third kappa shape index (κ3) is 6.59. The molecule has 0 fully saturated rings. The van der Waals surface area contributed by atoms with E-state index in [4.69, 9.17) is 10.9 Å². The van der Waals surface area contributed by atoms with Crippen LogP contribution in [-0.2, 0) is 22.4 Å². The van der Waals surface area contributed by atoms with Crippen LogP contribution in [0.15, 0.2) is 28.8 Å². The molecule has 0 bridgehead atoms. The summed E-state index contributed by atoms with van der Waals surface area (Å²) in [6.07, 6.45) is 8.52. The van der Waals surface area contributed by atoms with Gasteiger partial charge in [-0.1, -0.05) is 24.1 Å². The number of amides is 2. The third-order valence-corrected chi connectivity index (χ3v) is 3.88. The second-order valence-electron chi connectivity index (χ2n) is 6.23. The first-order valence-electron chi connectivity index (χ1n) is 8.93. The number of terminal acetylenes is 1. The third-order valence-electron chi connectivity index (χ3n) is 3.88. The van der Waals surface area contributed by atoms with E-state index in [0.29, 0.717) is 42.2 Å². The largest absolute Gasteiger partial charge is 0.339 e. The van der Waals surface area contributed by atoms with Crippen LogP contribution in [0.1, 0.15) is 43.5 Å². The number of aryl methyl sites for hydroxylation is 2. The first-order valence-corrected chi connectivity index (χ1v) is 8.93. The zero-order chi connectivity index (χ0) is 19.6. The number of carbonyl (C=O) groups excluding carboxylic acids is 2. The lowest BCUT2D eigenvalue weighted by molar-refractivity contribution is -0.133. The number of hydrogen-bond donors (Lipinski definition) is 1. The molecule has 2 rings (SSSR count). The lowest BCUT2D eigenvalue weighted by Gasteiger charge is -2.16. The van der Waals surface area contributed by atoms with Gasteiger partial charge in [0.2, 0.25) is 17.7 Å². The van der Waals surface area contributed by atoms with Crippen molar-refractivity contribution in [1.82, 2.24) is 15.0 Å². The Balaban J connectivity index is 1.73. The molecule has 1 aromatic heterocycles. The SMILES string of the molecule is C#Cc1cccc(NC(=O)CN(C)C(=O)CCCc2nc(CCC)no2)c1. The predicted molar refractivity (Wildman–Crippen MR) is 102 cm³/mol. The average molecular weight is 368 g/mol. The Hall–Kier alpha value is -3.14. The molecule has 7 nitrogen and oxygen atoms in total. The Bertz CT molecular complexity index is 823. The van der Waals surface area contributed by atoms with Crippen molar-refractivity contribution in [3.63, 3.8) is 0 Å². The fraction of sp³-hybridized carbons (Fsp3) is 0.400. The quantitative estimate of drug-likeness (QED) is 0.687. The molecule has 1 heterocycles. The van der Waals surface area contributed by atoms with E-state index in [1.807, 2.05) is 6.92 Å². The highest BCUT2D eigenvalue weighted by Crippen LogP contribution is 2.10. The van der Waals surface area contributed by atoms with E-state index in [1.165, 1.54) is 4.90 Å². The van der Waals surface area contributed by atoms with Crippen LogP contribution in [0.3, 0.4) is 0 Å². The van der Waals surface area contributed by atoms with Crippen molar-refractivity contribution in [1.29, 1.82) is 0 Å². The fourth-order valence-corrected chi connectivity index (χ4v) is 2.49. The van der Waals surface area contributed by atoms with Gasteiger partial charge in [-0.25, -0.2) is 0 Å². The van der Waals surface area contributed by atoms with Crippen LogP contribution in [0.25, 0.3) is 0 Å². The molecular formula is C20H24N4O3. The van der Waals surface area contributed by atoms with Crippen LogP contribution in [0.4, 0.5) is 5.69 Å². The number of aromatic nitrogens is 2. The number of rotatable bonds is 9. The molecule has 0 aliphatic carbocycles. The van der Waals surface area contributed by atoms with Gasteiger partial charge in [0, 0.05) is 37.6 Å². The van der Waals surface area contributed by atoms with Gasteiger partial charge in [-0.2, -0.15) is 4.98 Å². The molecule has 0 aliphatic rings. The van der Waals surface area contributed by atoms with E-state index in [-0.39, 0.29) is 18.4 Å². The van der Waals surface area contributed by atoms with Crippen molar-refractivity contribution in [2.24, 2.45) is 0 Å². The van der Waals surface area contributed by atoms with Gasteiger partial charge in [0.25, 0.3) is 0 Å². The first-order chi connectivity index (χ1) is 13.0. The van der Waals surface area contributed by atoms with Crippen molar-refractivity contribution in [3.8, 4) is 12.3 Å². The molecule has 1 aromatic carbocycles. The highest BCUT2D eigenvalue weighted by Gasteiger charge is 2.14. The molecule has 142 valence electrons. The molecule has 0 radical (unpaired) electrons. The summed E-state index contributed by atoms with van der Waals surface area (Å²) >= 11 is 0. The van der Waals surface area contributed by atoms with Gasteiger partial charge in [0.05, 0.1) is 6.54 Å². The minimum Gasteiger partial charge on any atom is -0.339 e. The van der Waals surface area contributed by atoms with Gasteiger partial charge in [-0.05, 0) is 31.0 Å². The molecule has 0 saturated carbocycles. The topological polar surface area (TPSA) is 88.3 Å². The van der Waals surface area contributed by atoms with Crippen LogP contribution >= 0.6 is 0 Å². The Morgan fingerprint density at radius 3 is 2.89 bits per heavy atom. The Kier molecular flexibility index (Phi) is 7.56. The van der Waals surface area contributed by atoms with Crippen LogP contribution in [0, 0.1) is 12.3 Å². The molecule has 0 atom stereocenters. The van der Waals surface area contributed by atoms with E-state index in [1.54, 1.807) is 31.3 Å². The highest BCUT2D eigenvalue weighted by atomic mass is 16.5. The molecule has 2 amide bonds. The molecule has 2 aromatic rings. The lowest BCUT2D eigenvalue weighted by atomic mass is 10.2. The number of benzene rings is 1. The minimum absolute atomic E-state index is 0.0275. The summed E-state index contributed by atoms with van der Waals surface area (Å²) in [6.45, 7) is 2.02. The van der Waals surface area contributed by atoms with E-state index in [0.717, 1.165) is 12.8 Å². The second-order valence-corrected chi connectivity index (χ2v) is 6.23. The highest BCUT2D eigenvalue weighted by molar-refractivity contribution is 5.94. The number of anilines is 1. The van der Waals surface area contributed by atoms with E-state index >= 15 is 0 Å². The summed E-state index contributed by atoms with van der Waals surface area (Å²) in [5.41, 5.74) is 1.29.